The second-order valence-electron chi connectivity index (χ2n) is 4.54. The van der Waals surface area contributed by atoms with Gasteiger partial charge in [0.2, 0.25) is 5.28 Å². The molecule has 0 saturated carbocycles. The fourth-order valence-electron chi connectivity index (χ4n) is 2.04. The molecule has 2 heterocycles. The molecule has 3 aromatic rings. The molecule has 2 aromatic heterocycles. The van der Waals surface area contributed by atoms with Crippen molar-refractivity contribution in [3.05, 3.63) is 51.6 Å². The fourth-order valence-corrected chi connectivity index (χ4v) is 2.21. The second kappa shape index (κ2) is 5.94. The van der Waals surface area contributed by atoms with Gasteiger partial charge < -0.3 is 10.3 Å². The van der Waals surface area contributed by atoms with Gasteiger partial charge in [-0.15, -0.1) is 0 Å². The molecule has 112 valence electrons. The van der Waals surface area contributed by atoms with Crippen molar-refractivity contribution in [1.29, 1.82) is 0 Å². The Morgan fingerprint density at radius 1 is 1.27 bits per heavy atom. The van der Waals surface area contributed by atoms with Gasteiger partial charge in [-0.1, -0.05) is 12.1 Å². The van der Waals surface area contributed by atoms with Gasteiger partial charge in [-0.3, -0.25) is 10.1 Å². The second-order valence-corrected chi connectivity index (χ2v) is 4.88. The lowest BCUT2D eigenvalue weighted by Gasteiger charge is -2.06. The van der Waals surface area contributed by atoms with E-state index < -0.39 is 4.92 Å². The van der Waals surface area contributed by atoms with Crippen LogP contribution in [-0.2, 0) is 6.42 Å². The molecular formula is C13H11ClN6O2. The summed E-state index contributed by atoms with van der Waals surface area (Å²) in [5.74, 6) is 0.554. The maximum Gasteiger partial charge on any atom is 0.269 e. The SMILES string of the molecule is O=[N+]([O-])c1ccc(CCNc2nc(Cl)nc3[nH]cnc23)cc1. The van der Waals surface area contributed by atoms with Crippen LogP contribution in [0.2, 0.25) is 5.28 Å². The van der Waals surface area contributed by atoms with Crippen molar-refractivity contribution in [3.63, 3.8) is 0 Å². The van der Waals surface area contributed by atoms with Crippen LogP contribution in [-0.4, -0.2) is 31.4 Å². The van der Waals surface area contributed by atoms with Crippen LogP contribution in [0.3, 0.4) is 0 Å². The zero-order valence-corrected chi connectivity index (χ0v) is 12.0. The van der Waals surface area contributed by atoms with E-state index in [0.717, 1.165) is 5.56 Å². The van der Waals surface area contributed by atoms with Crippen LogP contribution in [0.5, 0.6) is 0 Å². The summed E-state index contributed by atoms with van der Waals surface area (Å²) in [7, 11) is 0. The molecule has 0 aliphatic carbocycles. The topological polar surface area (TPSA) is 110 Å². The third-order valence-electron chi connectivity index (χ3n) is 3.10. The number of anilines is 1. The summed E-state index contributed by atoms with van der Waals surface area (Å²) in [4.78, 5) is 25.3. The van der Waals surface area contributed by atoms with Crippen LogP contribution in [0.25, 0.3) is 11.2 Å². The number of aromatic nitrogens is 4. The van der Waals surface area contributed by atoms with Crippen molar-refractivity contribution >= 4 is 34.3 Å². The number of nitrogens with zero attached hydrogens (tertiary/aromatic N) is 4. The Bertz CT molecular complexity index is 817. The average Bonchev–Trinajstić information content (AvgIpc) is 2.96. The van der Waals surface area contributed by atoms with Gasteiger partial charge in [-0.2, -0.15) is 9.97 Å². The predicted octanol–water partition coefficient (Wildman–Crippen LogP) is 2.57. The van der Waals surface area contributed by atoms with Gasteiger partial charge >= 0.3 is 0 Å². The molecule has 0 radical (unpaired) electrons. The largest absolute Gasteiger partial charge is 0.368 e. The van der Waals surface area contributed by atoms with Crippen molar-refractivity contribution < 1.29 is 4.92 Å². The fraction of sp³-hybridized carbons (Fsp3) is 0.154. The molecule has 9 heteroatoms. The first-order chi connectivity index (χ1) is 10.6. The molecule has 0 aliphatic heterocycles. The molecule has 0 unspecified atom stereocenters. The van der Waals surface area contributed by atoms with E-state index in [1.807, 2.05) is 0 Å². The third-order valence-corrected chi connectivity index (χ3v) is 3.27. The number of benzene rings is 1. The van der Waals surface area contributed by atoms with Crippen LogP contribution < -0.4 is 5.32 Å². The zero-order chi connectivity index (χ0) is 15.5. The first kappa shape index (κ1) is 14.2. The Balaban J connectivity index is 1.67. The minimum absolute atomic E-state index is 0.0810. The van der Waals surface area contributed by atoms with Crippen LogP contribution in [0.15, 0.2) is 30.6 Å². The Hall–Kier alpha value is -2.74. The van der Waals surface area contributed by atoms with Crippen molar-refractivity contribution in [1.82, 2.24) is 19.9 Å². The van der Waals surface area contributed by atoms with Crippen molar-refractivity contribution in [2.24, 2.45) is 0 Å². The molecule has 22 heavy (non-hydrogen) atoms. The van der Waals surface area contributed by atoms with Crippen LogP contribution in [0.1, 0.15) is 5.56 Å². The van der Waals surface area contributed by atoms with E-state index in [-0.39, 0.29) is 11.0 Å². The van der Waals surface area contributed by atoms with Gasteiger partial charge in [0, 0.05) is 18.7 Å². The number of non-ortho nitro benzene ring substituents is 1. The molecule has 0 saturated heterocycles. The number of nitrogens with one attached hydrogen (secondary N) is 2. The van der Waals surface area contributed by atoms with Crippen LogP contribution >= 0.6 is 11.6 Å². The normalized spacial score (nSPS) is 10.8. The number of hydrogen-bond donors (Lipinski definition) is 2. The monoisotopic (exact) mass is 318 g/mol. The van der Waals surface area contributed by atoms with Crippen molar-refractivity contribution in [3.8, 4) is 0 Å². The molecule has 8 nitrogen and oxygen atoms in total. The van der Waals surface area contributed by atoms with Gasteiger partial charge in [-0.25, -0.2) is 4.98 Å². The molecule has 0 atom stereocenters. The lowest BCUT2D eigenvalue weighted by molar-refractivity contribution is -0.384. The summed E-state index contributed by atoms with van der Waals surface area (Å²) in [5.41, 5.74) is 2.25. The quantitative estimate of drug-likeness (QED) is 0.425. The van der Waals surface area contributed by atoms with E-state index in [1.165, 1.54) is 18.5 Å². The Morgan fingerprint density at radius 3 is 2.77 bits per heavy atom. The average molecular weight is 319 g/mol. The van der Waals surface area contributed by atoms with Crippen molar-refractivity contribution in [2.75, 3.05) is 11.9 Å². The molecule has 2 N–H and O–H groups in total. The molecule has 0 bridgehead atoms. The highest BCUT2D eigenvalue weighted by Gasteiger charge is 2.09. The lowest BCUT2D eigenvalue weighted by Crippen LogP contribution is -2.07. The summed E-state index contributed by atoms with van der Waals surface area (Å²) < 4.78 is 0. The summed E-state index contributed by atoms with van der Waals surface area (Å²) in [6, 6.07) is 6.44. The molecule has 1 aromatic carbocycles. The summed E-state index contributed by atoms with van der Waals surface area (Å²) in [5, 5.41) is 13.9. The number of aromatic amines is 1. The van der Waals surface area contributed by atoms with Crippen LogP contribution in [0.4, 0.5) is 11.5 Å². The van der Waals surface area contributed by atoms with Gasteiger partial charge in [-0.05, 0) is 23.6 Å². The third kappa shape index (κ3) is 2.96. The molecule has 3 rings (SSSR count). The molecule has 0 aliphatic rings. The van der Waals surface area contributed by atoms with Gasteiger partial charge in [0.25, 0.3) is 5.69 Å². The number of fused-ring (bicyclic) bond motifs is 1. The number of halogens is 1. The highest BCUT2D eigenvalue weighted by Crippen LogP contribution is 2.18. The predicted molar refractivity (Wildman–Crippen MR) is 82.0 cm³/mol. The number of H-pyrrole nitrogens is 1. The van der Waals surface area contributed by atoms with Gasteiger partial charge in [0.15, 0.2) is 11.5 Å². The van der Waals surface area contributed by atoms with E-state index in [2.05, 4.69) is 25.3 Å². The standard InChI is InChI=1S/C13H11ClN6O2/c14-13-18-11(10-12(19-13)17-7-16-10)15-6-5-8-1-3-9(4-2-8)20(21)22/h1-4,7H,5-6H2,(H2,15,16,17,18,19). The number of nitro groups is 1. The van der Waals surface area contributed by atoms with Gasteiger partial charge in [0.05, 0.1) is 11.3 Å². The molecule has 0 spiro atoms. The zero-order valence-electron chi connectivity index (χ0n) is 11.3. The summed E-state index contributed by atoms with van der Waals surface area (Å²) >= 11 is 5.85. The van der Waals surface area contributed by atoms with Crippen LogP contribution in [0, 0.1) is 10.1 Å². The van der Waals surface area contributed by atoms with E-state index in [0.29, 0.717) is 29.9 Å². The Kier molecular flexibility index (Phi) is 3.84. The van der Waals surface area contributed by atoms with Crippen molar-refractivity contribution in [2.45, 2.75) is 6.42 Å². The number of nitro benzene ring substituents is 1. The number of rotatable bonds is 5. The molecule has 0 amide bonds. The van der Waals surface area contributed by atoms with E-state index in [4.69, 9.17) is 11.6 Å². The minimum Gasteiger partial charge on any atom is -0.368 e. The minimum atomic E-state index is -0.417. The highest BCUT2D eigenvalue weighted by atomic mass is 35.5. The Morgan fingerprint density at radius 2 is 2.05 bits per heavy atom. The number of hydrogen-bond acceptors (Lipinski definition) is 6. The van der Waals surface area contributed by atoms with E-state index in [9.17, 15) is 10.1 Å². The molecule has 0 fully saturated rings. The highest BCUT2D eigenvalue weighted by molar-refractivity contribution is 6.28. The maximum absolute atomic E-state index is 10.6. The maximum atomic E-state index is 10.6. The smallest absolute Gasteiger partial charge is 0.269 e. The number of imidazole rings is 1. The van der Waals surface area contributed by atoms with E-state index >= 15 is 0 Å². The Labute approximate surface area is 129 Å². The molecular weight excluding hydrogens is 308 g/mol. The van der Waals surface area contributed by atoms with Gasteiger partial charge in [0.1, 0.15) is 5.52 Å². The summed E-state index contributed by atoms with van der Waals surface area (Å²) in [6.45, 7) is 0.590. The van der Waals surface area contributed by atoms with E-state index in [1.54, 1.807) is 12.1 Å². The lowest BCUT2D eigenvalue weighted by atomic mass is 10.1. The first-order valence-electron chi connectivity index (χ1n) is 6.47. The first-order valence-corrected chi connectivity index (χ1v) is 6.85. The summed E-state index contributed by atoms with van der Waals surface area (Å²) in [6.07, 6.45) is 2.21.